The summed E-state index contributed by atoms with van der Waals surface area (Å²) < 4.78 is 0. The number of aromatic amines is 1. The number of aromatic nitrogens is 2. The summed E-state index contributed by atoms with van der Waals surface area (Å²) in [5.41, 5.74) is 4.98. The van der Waals surface area contributed by atoms with Crippen molar-refractivity contribution in [2.75, 3.05) is 11.9 Å². The van der Waals surface area contributed by atoms with E-state index in [2.05, 4.69) is 63.3 Å². The van der Waals surface area contributed by atoms with Crippen molar-refractivity contribution in [2.24, 2.45) is 0 Å². The van der Waals surface area contributed by atoms with E-state index >= 15 is 0 Å². The van der Waals surface area contributed by atoms with E-state index in [0.29, 0.717) is 6.04 Å². The van der Waals surface area contributed by atoms with Crippen LogP contribution in [0.5, 0.6) is 0 Å². The fourth-order valence-electron chi connectivity index (χ4n) is 3.09. The second-order valence-electron chi connectivity index (χ2n) is 5.50. The van der Waals surface area contributed by atoms with Crippen LogP contribution in [0.4, 0.5) is 5.69 Å². The molecule has 0 amide bonds. The maximum atomic E-state index is 4.14. The third-order valence-corrected chi connectivity index (χ3v) is 4.17. The molecule has 1 aromatic heterocycles. The van der Waals surface area contributed by atoms with Gasteiger partial charge < -0.3 is 10.6 Å². The SMILES string of the molecule is c1ccc2c(c1)CNCCC2Nc1cccc2[nH]ncc12. The summed E-state index contributed by atoms with van der Waals surface area (Å²) in [6, 6.07) is 15.2. The van der Waals surface area contributed by atoms with Gasteiger partial charge >= 0.3 is 0 Å². The number of hydrogen-bond donors (Lipinski definition) is 3. The predicted molar refractivity (Wildman–Crippen MR) is 85.2 cm³/mol. The Balaban J connectivity index is 1.72. The van der Waals surface area contributed by atoms with Crippen molar-refractivity contribution >= 4 is 16.6 Å². The summed E-state index contributed by atoms with van der Waals surface area (Å²) in [6.45, 7) is 1.97. The van der Waals surface area contributed by atoms with E-state index in [1.54, 1.807) is 0 Å². The number of anilines is 1. The average molecular weight is 278 g/mol. The minimum atomic E-state index is 0.330. The van der Waals surface area contributed by atoms with Crippen molar-refractivity contribution in [1.29, 1.82) is 0 Å². The fourth-order valence-corrected chi connectivity index (χ4v) is 3.09. The Morgan fingerprint density at radius 2 is 2.05 bits per heavy atom. The Morgan fingerprint density at radius 3 is 3.05 bits per heavy atom. The van der Waals surface area contributed by atoms with Crippen LogP contribution in [0.2, 0.25) is 0 Å². The first kappa shape index (κ1) is 12.4. The highest BCUT2D eigenvalue weighted by molar-refractivity contribution is 5.91. The Bertz CT molecular complexity index is 762. The van der Waals surface area contributed by atoms with E-state index in [0.717, 1.165) is 36.1 Å². The van der Waals surface area contributed by atoms with Crippen LogP contribution in [0.1, 0.15) is 23.6 Å². The number of fused-ring (bicyclic) bond motifs is 2. The van der Waals surface area contributed by atoms with Gasteiger partial charge in [-0.25, -0.2) is 0 Å². The zero-order chi connectivity index (χ0) is 14.1. The van der Waals surface area contributed by atoms with Crippen molar-refractivity contribution in [3.63, 3.8) is 0 Å². The van der Waals surface area contributed by atoms with Gasteiger partial charge in [-0.05, 0) is 36.2 Å². The van der Waals surface area contributed by atoms with Gasteiger partial charge in [0, 0.05) is 17.6 Å². The summed E-state index contributed by atoms with van der Waals surface area (Å²) in [5.74, 6) is 0. The van der Waals surface area contributed by atoms with Gasteiger partial charge in [-0.3, -0.25) is 5.10 Å². The van der Waals surface area contributed by atoms with Crippen LogP contribution in [0.3, 0.4) is 0 Å². The second kappa shape index (κ2) is 5.22. The lowest BCUT2D eigenvalue weighted by Crippen LogP contribution is -2.15. The molecule has 21 heavy (non-hydrogen) atoms. The number of benzene rings is 2. The normalized spacial score (nSPS) is 18.2. The average Bonchev–Trinajstić information content (AvgIpc) is 2.91. The van der Waals surface area contributed by atoms with E-state index < -0.39 is 0 Å². The lowest BCUT2D eigenvalue weighted by Gasteiger charge is -2.20. The summed E-state index contributed by atoms with van der Waals surface area (Å²) >= 11 is 0. The summed E-state index contributed by atoms with van der Waals surface area (Å²) in [5, 5.41) is 15.5. The van der Waals surface area contributed by atoms with Crippen LogP contribution in [0.25, 0.3) is 10.9 Å². The molecule has 0 radical (unpaired) electrons. The van der Waals surface area contributed by atoms with E-state index in [9.17, 15) is 0 Å². The van der Waals surface area contributed by atoms with E-state index in [1.165, 1.54) is 11.1 Å². The topological polar surface area (TPSA) is 52.7 Å². The molecule has 1 atom stereocenters. The minimum absolute atomic E-state index is 0.330. The molecule has 2 aromatic carbocycles. The summed E-state index contributed by atoms with van der Waals surface area (Å²) in [7, 11) is 0. The molecule has 106 valence electrons. The van der Waals surface area contributed by atoms with Gasteiger partial charge in [0.05, 0.1) is 17.8 Å². The van der Waals surface area contributed by atoms with Crippen LogP contribution >= 0.6 is 0 Å². The van der Waals surface area contributed by atoms with Gasteiger partial charge in [-0.2, -0.15) is 5.10 Å². The van der Waals surface area contributed by atoms with Gasteiger partial charge in [-0.1, -0.05) is 30.3 Å². The van der Waals surface area contributed by atoms with Gasteiger partial charge in [0.25, 0.3) is 0 Å². The van der Waals surface area contributed by atoms with Crippen molar-refractivity contribution in [2.45, 2.75) is 19.0 Å². The number of rotatable bonds is 2. The maximum Gasteiger partial charge on any atom is 0.0671 e. The summed E-state index contributed by atoms with van der Waals surface area (Å²) in [4.78, 5) is 0. The molecule has 0 spiro atoms. The van der Waals surface area contributed by atoms with E-state index in [1.807, 2.05) is 6.20 Å². The molecule has 4 heteroatoms. The van der Waals surface area contributed by atoms with E-state index in [4.69, 9.17) is 0 Å². The first-order chi connectivity index (χ1) is 10.4. The number of nitrogens with one attached hydrogen (secondary N) is 3. The van der Waals surface area contributed by atoms with Crippen LogP contribution in [0, 0.1) is 0 Å². The molecule has 3 aromatic rings. The van der Waals surface area contributed by atoms with Crippen molar-refractivity contribution in [3.8, 4) is 0 Å². The lowest BCUT2D eigenvalue weighted by atomic mass is 9.99. The Kier molecular flexibility index (Phi) is 3.09. The molecule has 3 N–H and O–H groups in total. The molecule has 0 bridgehead atoms. The fraction of sp³-hybridized carbons (Fsp3) is 0.235. The molecular formula is C17H18N4. The van der Waals surface area contributed by atoms with Crippen LogP contribution in [0.15, 0.2) is 48.7 Å². The molecule has 0 fully saturated rings. The Morgan fingerprint density at radius 1 is 1.10 bits per heavy atom. The monoisotopic (exact) mass is 278 g/mol. The van der Waals surface area contributed by atoms with Gasteiger partial charge in [0.1, 0.15) is 0 Å². The second-order valence-corrected chi connectivity index (χ2v) is 5.50. The molecule has 4 nitrogen and oxygen atoms in total. The number of H-pyrrole nitrogens is 1. The minimum Gasteiger partial charge on any atom is -0.378 e. The maximum absolute atomic E-state index is 4.14. The molecule has 0 saturated heterocycles. The smallest absolute Gasteiger partial charge is 0.0671 e. The van der Waals surface area contributed by atoms with Crippen LogP contribution < -0.4 is 10.6 Å². The van der Waals surface area contributed by atoms with Gasteiger partial charge in [0.15, 0.2) is 0 Å². The highest BCUT2D eigenvalue weighted by atomic mass is 15.1. The molecule has 4 rings (SSSR count). The first-order valence-corrected chi connectivity index (χ1v) is 7.39. The van der Waals surface area contributed by atoms with Gasteiger partial charge in [0.2, 0.25) is 0 Å². The predicted octanol–water partition coefficient (Wildman–Crippen LogP) is 3.21. The van der Waals surface area contributed by atoms with Crippen molar-refractivity contribution in [3.05, 3.63) is 59.8 Å². The number of nitrogens with zero attached hydrogens (tertiary/aromatic N) is 1. The van der Waals surface area contributed by atoms with Crippen LogP contribution in [-0.4, -0.2) is 16.7 Å². The first-order valence-electron chi connectivity index (χ1n) is 7.39. The van der Waals surface area contributed by atoms with Gasteiger partial charge in [-0.15, -0.1) is 0 Å². The molecule has 0 aliphatic carbocycles. The zero-order valence-electron chi connectivity index (χ0n) is 11.8. The largest absolute Gasteiger partial charge is 0.378 e. The molecule has 1 aliphatic rings. The third-order valence-electron chi connectivity index (χ3n) is 4.17. The standard InChI is InChI=1S/C17H18N4/c1-2-5-13-12(4-1)10-18-9-8-16(13)20-15-6-3-7-17-14(15)11-19-21-17/h1-7,11,16,18,20H,8-10H2,(H,19,21). The Labute approximate surface area is 123 Å². The van der Waals surface area contributed by atoms with Crippen LogP contribution in [-0.2, 0) is 6.54 Å². The lowest BCUT2D eigenvalue weighted by molar-refractivity contribution is 0.637. The summed E-state index contributed by atoms with van der Waals surface area (Å²) in [6.07, 6.45) is 2.96. The number of hydrogen-bond acceptors (Lipinski definition) is 3. The van der Waals surface area contributed by atoms with E-state index in [-0.39, 0.29) is 0 Å². The molecule has 1 unspecified atom stereocenters. The molecule has 1 aliphatic heterocycles. The highest BCUT2D eigenvalue weighted by Crippen LogP contribution is 2.30. The van der Waals surface area contributed by atoms with Crippen molar-refractivity contribution < 1.29 is 0 Å². The quantitative estimate of drug-likeness (QED) is 0.674. The molecular weight excluding hydrogens is 260 g/mol. The zero-order valence-corrected chi connectivity index (χ0v) is 11.8. The molecule has 0 saturated carbocycles. The molecule has 2 heterocycles. The van der Waals surface area contributed by atoms with Crippen molar-refractivity contribution in [1.82, 2.24) is 15.5 Å². The third kappa shape index (κ3) is 2.28. The highest BCUT2D eigenvalue weighted by Gasteiger charge is 2.18. The Hall–Kier alpha value is -2.33.